The Labute approximate surface area is 126 Å². The Balaban J connectivity index is 2.18. The molecule has 0 aromatic heterocycles. The van der Waals surface area contributed by atoms with Crippen molar-refractivity contribution in [2.75, 3.05) is 5.32 Å². The highest BCUT2D eigenvalue weighted by Crippen LogP contribution is 2.30. The van der Waals surface area contributed by atoms with Gasteiger partial charge in [0.15, 0.2) is 0 Å². The molecule has 2 aromatic carbocycles. The molecule has 0 saturated heterocycles. The topological polar surface area (TPSA) is 49.3 Å². The minimum Gasteiger partial charge on any atom is -0.508 e. The molecule has 0 aliphatic rings. The highest BCUT2D eigenvalue weighted by Gasteiger charge is 2.30. The average molecular weight is 360 g/mol. The predicted octanol–water partition coefficient (Wildman–Crippen LogP) is 4.43. The van der Waals surface area contributed by atoms with Crippen LogP contribution in [0.4, 0.5) is 18.9 Å². The van der Waals surface area contributed by atoms with E-state index in [1.807, 2.05) is 0 Å². The molecule has 0 radical (unpaired) electrons. The van der Waals surface area contributed by atoms with Crippen molar-refractivity contribution in [1.82, 2.24) is 0 Å². The molecule has 3 nitrogen and oxygen atoms in total. The number of hydrogen-bond acceptors (Lipinski definition) is 2. The third-order valence-electron chi connectivity index (χ3n) is 2.66. The van der Waals surface area contributed by atoms with Gasteiger partial charge in [-0.05, 0) is 58.4 Å². The molecule has 0 atom stereocenters. The molecule has 7 heteroatoms. The van der Waals surface area contributed by atoms with Gasteiger partial charge in [0.2, 0.25) is 0 Å². The number of halogens is 4. The number of carbonyl (C=O) groups excluding carboxylic acids is 1. The van der Waals surface area contributed by atoms with Crippen LogP contribution in [0.15, 0.2) is 46.9 Å². The summed E-state index contributed by atoms with van der Waals surface area (Å²) in [6.45, 7) is 0. The first-order chi connectivity index (χ1) is 9.77. The smallest absolute Gasteiger partial charge is 0.416 e. The molecule has 0 heterocycles. The Morgan fingerprint density at radius 2 is 1.71 bits per heavy atom. The molecule has 0 aliphatic carbocycles. The summed E-state index contributed by atoms with van der Waals surface area (Å²) >= 11 is 3.16. The number of hydrogen-bond donors (Lipinski definition) is 2. The number of alkyl halides is 3. The van der Waals surface area contributed by atoms with Crippen molar-refractivity contribution in [2.24, 2.45) is 0 Å². The van der Waals surface area contributed by atoms with E-state index in [-0.39, 0.29) is 17.0 Å². The van der Waals surface area contributed by atoms with Gasteiger partial charge in [0.25, 0.3) is 5.91 Å². The van der Waals surface area contributed by atoms with E-state index in [0.29, 0.717) is 4.47 Å². The second kappa shape index (κ2) is 5.77. The Morgan fingerprint density at radius 1 is 1.10 bits per heavy atom. The van der Waals surface area contributed by atoms with Crippen molar-refractivity contribution in [3.63, 3.8) is 0 Å². The first-order valence-electron chi connectivity index (χ1n) is 5.74. The van der Waals surface area contributed by atoms with Crippen LogP contribution in [-0.2, 0) is 6.18 Å². The molecular weight excluding hydrogens is 351 g/mol. The molecule has 0 unspecified atom stereocenters. The molecule has 2 rings (SSSR count). The summed E-state index contributed by atoms with van der Waals surface area (Å²) < 4.78 is 37.7. The number of anilines is 1. The molecule has 0 saturated carbocycles. The molecule has 21 heavy (non-hydrogen) atoms. The minimum absolute atomic E-state index is 0.0873. The van der Waals surface area contributed by atoms with Gasteiger partial charge in [0.1, 0.15) is 5.75 Å². The quantitative estimate of drug-likeness (QED) is 0.833. The summed E-state index contributed by atoms with van der Waals surface area (Å²) in [6, 6.07) is 8.24. The highest BCUT2D eigenvalue weighted by molar-refractivity contribution is 9.10. The van der Waals surface area contributed by atoms with Crippen molar-refractivity contribution < 1.29 is 23.1 Å². The molecular formula is C14H9BrF3NO2. The van der Waals surface area contributed by atoms with Gasteiger partial charge in [0, 0.05) is 10.2 Å². The van der Waals surface area contributed by atoms with E-state index in [0.717, 1.165) is 24.3 Å². The van der Waals surface area contributed by atoms with Crippen molar-refractivity contribution in [3.8, 4) is 5.75 Å². The summed E-state index contributed by atoms with van der Waals surface area (Å²) in [4.78, 5) is 12.0. The second-order valence-electron chi connectivity index (χ2n) is 4.19. The van der Waals surface area contributed by atoms with Crippen LogP contribution in [0.1, 0.15) is 15.9 Å². The van der Waals surface area contributed by atoms with Gasteiger partial charge < -0.3 is 10.4 Å². The predicted molar refractivity (Wildman–Crippen MR) is 75.2 cm³/mol. The number of aromatic hydroxyl groups is 1. The van der Waals surface area contributed by atoms with Crippen LogP contribution in [0, 0.1) is 0 Å². The number of phenols is 1. The van der Waals surface area contributed by atoms with Crippen LogP contribution in [0.3, 0.4) is 0 Å². The van der Waals surface area contributed by atoms with Crippen molar-refractivity contribution in [3.05, 3.63) is 58.1 Å². The summed E-state index contributed by atoms with van der Waals surface area (Å²) in [5.74, 6) is -0.631. The Hall–Kier alpha value is -2.02. The zero-order valence-corrected chi connectivity index (χ0v) is 12.0. The summed E-state index contributed by atoms with van der Waals surface area (Å²) in [5, 5.41) is 11.8. The Bertz CT molecular complexity index is 669. The molecule has 0 bridgehead atoms. The number of carbonyl (C=O) groups is 1. The zero-order chi connectivity index (χ0) is 15.6. The van der Waals surface area contributed by atoms with Gasteiger partial charge in [-0.15, -0.1) is 0 Å². The van der Waals surface area contributed by atoms with Crippen LogP contribution in [-0.4, -0.2) is 11.0 Å². The van der Waals surface area contributed by atoms with Crippen LogP contribution in [0.5, 0.6) is 5.75 Å². The van der Waals surface area contributed by atoms with Gasteiger partial charge in [-0.25, -0.2) is 0 Å². The third-order valence-corrected chi connectivity index (χ3v) is 3.36. The molecule has 110 valence electrons. The summed E-state index contributed by atoms with van der Waals surface area (Å²) in [6.07, 6.45) is -4.42. The number of amides is 1. The van der Waals surface area contributed by atoms with Gasteiger partial charge in [0.05, 0.1) is 11.1 Å². The maximum atomic E-state index is 12.4. The largest absolute Gasteiger partial charge is 0.508 e. The fourth-order valence-corrected chi connectivity index (χ4v) is 2.05. The third kappa shape index (κ3) is 3.75. The van der Waals surface area contributed by atoms with Gasteiger partial charge in [-0.2, -0.15) is 13.2 Å². The van der Waals surface area contributed by atoms with E-state index >= 15 is 0 Å². The van der Waals surface area contributed by atoms with Crippen molar-refractivity contribution in [1.29, 1.82) is 0 Å². The first-order valence-corrected chi connectivity index (χ1v) is 6.54. The summed E-state index contributed by atoms with van der Waals surface area (Å²) in [7, 11) is 0. The van der Waals surface area contributed by atoms with Crippen LogP contribution < -0.4 is 5.32 Å². The van der Waals surface area contributed by atoms with Gasteiger partial charge in [-0.1, -0.05) is 0 Å². The lowest BCUT2D eigenvalue weighted by Crippen LogP contribution is -2.13. The lowest BCUT2D eigenvalue weighted by atomic mass is 10.1. The average Bonchev–Trinajstić information content (AvgIpc) is 2.41. The SMILES string of the molecule is O=C(Nc1ccc(C(F)(F)F)cc1)c1cc(O)ccc1Br. The molecule has 2 aromatic rings. The monoisotopic (exact) mass is 359 g/mol. The number of rotatable bonds is 2. The van der Waals surface area contributed by atoms with Crippen LogP contribution in [0.2, 0.25) is 0 Å². The standard InChI is InChI=1S/C14H9BrF3NO2/c15-12-6-5-10(20)7-11(12)13(21)19-9-3-1-8(2-4-9)14(16,17)18/h1-7,20H,(H,19,21). The van der Waals surface area contributed by atoms with E-state index in [4.69, 9.17) is 0 Å². The van der Waals surface area contributed by atoms with Crippen LogP contribution >= 0.6 is 15.9 Å². The van der Waals surface area contributed by atoms with Gasteiger partial charge >= 0.3 is 6.18 Å². The Kier molecular flexibility index (Phi) is 4.22. The first kappa shape index (κ1) is 15.4. The lowest BCUT2D eigenvalue weighted by Gasteiger charge is -2.09. The molecule has 0 aliphatic heterocycles. The zero-order valence-electron chi connectivity index (χ0n) is 10.4. The number of benzene rings is 2. The van der Waals surface area contributed by atoms with E-state index in [9.17, 15) is 23.1 Å². The van der Waals surface area contributed by atoms with Gasteiger partial charge in [-0.3, -0.25) is 4.79 Å². The lowest BCUT2D eigenvalue weighted by molar-refractivity contribution is -0.137. The fourth-order valence-electron chi connectivity index (χ4n) is 1.63. The second-order valence-corrected chi connectivity index (χ2v) is 5.05. The van der Waals surface area contributed by atoms with E-state index in [1.54, 1.807) is 0 Å². The molecule has 2 N–H and O–H groups in total. The Morgan fingerprint density at radius 3 is 2.29 bits per heavy atom. The normalized spacial score (nSPS) is 11.2. The molecule has 0 fully saturated rings. The molecule has 1 amide bonds. The number of nitrogens with one attached hydrogen (secondary N) is 1. The minimum atomic E-state index is -4.42. The number of phenolic OH excluding ortho intramolecular Hbond substituents is 1. The van der Waals surface area contributed by atoms with E-state index in [2.05, 4.69) is 21.2 Å². The van der Waals surface area contributed by atoms with Crippen molar-refractivity contribution >= 4 is 27.5 Å². The van der Waals surface area contributed by atoms with Crippen molar-refractivity contribution in [2.45, 2.75) is 6.18 Å². The fraction of sp³-hybridized carbons (Fsp3) is 0.0714. The molecule has 0 spiro atoms. The maximum Gasteiger partial charge on any atom is 0.416 e. The summed E-state index contributed by atoms with van der Waals surface area (Å²) in [5.41, 5.74) is -0.392. The van der Waals surface area contributed by atoms with E-state index in [1.165, 1.54) is 18.2 Å². The maximum absolute atomic E-state index is 12.4. The van der Waals surface area contributed by atoms with E-state index < -0.39 is 17.6 Å². The van der Waals surface area contributed by atoms with Crippen LogP contribution in [0.25, 0.3) is 0 Å². The highest BCUT2D eigenvalue weighted by atomic mass is 79.9.